The van der Waals surface area contributed by atoms with Gasteiger partial charge >= 0.3 is 0 Å². The van der Waals surface area contributed by atoms with Crippen molar-refractivity contribution < 1.29 is 9.13 Å². The summed E-state index contributed by atoms with van der Waals surface area (Å²) in [7, 11) is 1.58. The number of anilines is 1. The quantitative estimate of drug-likeness (QED) is 0.805. The van der Waals surface area contributed by atoms with Crippen LogP contribution in [0, 0.1) is 5.82 Å². The van der Waals surface area contributed by atoms with E-state index in [2.05, 4.69) is 12.2 Å². The van der Waals surface area contributed by atoms with Crippen molar-refractivity contribution in [1.82, 2.24) is 0 Å². The summed E-state index contributed by atoms with van der Waals surface area (Å²) in [6, 6.07) is 4.99. The number of hydrogen-bond donors (Lipinski definition) is 1. The van der Waals surface area contributed by atoms with Crippen LogP contribution in [0.4, 0.5) is 10.1 Å². The van der Waals surface area contributed by atoms with Crippen LogP contribution in [0.2, 0.25) is 0 Å². The third-order valence-electron chi connectivity index (χ3n) is 2.30. The van der Waals surface area contributed by atoms with Crippen molar-refractivity contribution >= 4 is 5.69 Å². The highest BCUT2D eigenvalue weighted by atomic mass is 19.1. The average Bonchev–Trinajstić information content (AvgIpc) is 2.21. The zero-order valence-corrected chi connectivity index (χ0v) is 9.51. The molecular weight excluding hydrogens is 193 g/mol. The van der Waals surface area contributed by atoms with Crippen LogP contribution in [-0.4, -0.2) is 13.2 Å². The number of nitrogens with one attached hydrogen (secondary N) is 1. The molecular formula is C12H18FNO. The molecule has 0 radical (unpaired) electrons. The minimum Gasteiger partial charge on any atom is -0.497 e. The highest BCUT2D eigenvalue weighted by Crippen LogP contribution is 2.22. The third kappa shape index (κ3) is 3.42. The topological polar surface area (TPSA) is 21.3 Å². The van der Waals surface area contributed by atoms with E-state index in [0.29, 0.717) is 11.4 Å². The second kappa shape index (κ2) is 5.59. The van der Waals surface area contributed by atoms with Crippen LogP contribution >= 0.6 is 0 Å². The molecule has 0 aliphatic heterocycles. The lowest BCUT2D eigenvalue weighted by Crippen LogP contribution is -2.15. The number of hydrogen-bond acceptors (Lipinski definition) is 2. The van der Waals surface area contributed by atoms with Crippen molar-refractivity contribution in [3.63, 3.8) is 0 Å². The number of rotatable bonds is 5. The zero-order chi connectivity index (χ0) is 11.3. The Kier molecular flexibility index (Phi) is 4.40. The molecule has 0 aliphatic carbocycles. The van der Waals surface area contributed by atoms with E-state index in [0.717, 1.165) is 12.8 Å². The molecule has 0 saturated carbocycles. The number of halogens is 1. The number of ether oxygens (including phenoxy) is 1. The molecule has 84 valence electrons. The van der Waals surface area contributed by atoms with Gasteiger partial charge in [-0.3, -0.25) is 0 Å². The molecule has 0 aliphatic rings. The highest BCUT2D eigenvalue weighted by Gasteiger charge is 2.06. The van der Waals surface area contributed by atoms with E-state index in [4.69, 9.17) is 4.74 Å². The first kappa shape index (κ1) is 11.8. The molecule has 1 rings (SSSR count). The van der Waals surface area contributed by atoms with Crippen LogP contribution in [-0.2, 0) is 0 Å². The van der Waals surface area contributed by atoms with E-state index in [-0.39, 0.29) is 11.9 Å². The molecule has 1 unspecified atom stereocenters. The van der Waals surface area contributed by atoms with Gasteiger partial charge in [0.1, 0.15) is 11.6 Å². The molecule has 2 nitrogen and oxygen atoms in total. The van der Waals surface area contributed by atoms with Gasteiger partial charge in [-0.1, -0.05) is 13.3 Å². The summed E-state index contributed by atoms with van der Waals surface area (Å²) in [5, 5.41) is 3.13. The normalized spacial score (nSPS) is 12.3. The highest BCUT2D eigenvalue weighted by molar-refractivity contribution is 5.50. The van der Waals surface area contributed by atoms with Crippen LogP contribution in [0.3, 0.4) is 0 Å². The van der Waals surface area contributed by atoms with Crippen LogP contribution in [0.25, 0.3) is 0 Å². The Hall–Kier alpha value is -1.25. The van der Waals surface area contributed by atoms with Gasteiger partial charge in [-0.15, -0.1) is 0 Å². The van der Waals surface area contributed by atoms with Crippen molar-refractivity contribution in [2.75, 3.05) is 12.4 Å². The molecule has 0 spiro atoms. The van der Waals surface area contributed by atoms with Crippen molar-refractivity contribution in [2.24, 2.45) is 0 Å². The third-order valence-corrected chi connectivity index (χ3v) is 2.30. The van der Waals surface area contributed by atoms with Gasteiger partial charge in [-0.2, -0.15) is 0 Å². The fourth-order valence-corrected chi connectivity index (χ4v) is 1.51. The maximum Gasteiger partial charge on any atom is 0.146 e. The van der Waals surface area contributed by atoms with Gasteiger partial charge in [0.25, 0.3) is 0 Å². The second-order valence-electron chi connectivity index (χ2n) is 3.68. The van der Waals surface area contributed by atoms with Crippen LogP contribution < -0.4 is 10.1 Å². The fraction of sp³-hybridized carbons (Fsp3) is 0.500. The lowest BCUT2D eigenvalue weighted by Gasteiger charge is -2.15. The first-order valence-corrected chi connectivity index (χ1v) is 5.27. The molecule has 0 bridgehead atoms. The summed E-state index contributed by atoms with van der Waals surface area (Å²) < 4.78 is 18.4. The SMILES string of the molecule is CCCC(C)Nc1cc(OC)ccc1F. The van der Waals surface area contributed by atoms with Gasteiger partial charge in [-0.05, 0) is 25.5 Å². The molecule has 0 aromatic heterocycles. The summed E-state index contributed by atoms with van der Waals surface area (Å²) in [5.41, 5.74) is 0.510. The van der Waals surface area contributed by atoms with E-state index in [9.17, 15) is 4.39 Å². The Labute approximate surface area is 90.4 Å². The Morgan fingerprint density at radius 2 is 2.20 bits per heavy atom. The van der Waals surface area contributed by atoms with Crippen molar-refractivity contribution in [1.29, 1.82) is 0 Å². The molecule has 1 atom stereocenters. The molecule has 0 amide bonds. The Morgan fingerprint density at radius 1 is 1.47 bits per heavy atom. The summed E-state index contributed by atoms with van der Waals surface area (Å²) in [4.78, 5) is 0. The van der Waals surface area contributed by atoms with E-state index >= 15 is 0 Å². The molecule has 0 fully saturated rings. The monoisotopic (exact) mass is 211 g/mol. The molecule has 1 aromatic carbocycles. The maximum absolute atomic E-state index is 13.4. The average molecular weight is 211 g/mol. The largest absolute Gasteiger partial charge is 0.497 e. The smallest absolute Gasteiger partial charge is 0.146 e. The molecule has 0 saturated heterocycles. The molecule has 0 heterocycles. The summed E-state index contributed by atoms with van der Waals surface area (Å²) in [5.74, 6) is 0.432. The van der Waals surface area contributed by atoms with Crippen LogP contribution in [0.5, 0.6) is 5.75 Å². The van der Waals surface area contributed by atoms with Crippen molar-refractivity contribution in [3.8, 4) is 5.75 Å². The predicted molar refractivity (Wildman–Crippen MR) is 60.9 cm³/mol. The summed E-state index contributed by atoms with van der Waals surface area (Å²) in [6.07, 6.45) is 2.11. The minimum absolute atomic E-state index is 0.237. The van der Waals surface area contributed by atoms with Crippen LogP contribution in [0.15, 0.2) is 18.2 Å². The second-order valence-corrected chi connectivity index (χ2v) is 3.68. The summed E-state index contributed by atoms with van der Waals surface area (Å²) in [6.45, 7) is 4.16. The first-order valence-electron chi connectivity index (χ1n) is 5.27. The van der Waals surface area contributed by atoms with Gasteiger partial charge in [0, 0.05) is 12.1 Å². The maximum atomic E-state index is 13.4. The van der Waals surface area contributed by atoms with Gasteiger partial charge in [0.05, 0.1) is 12.8 Å². The number of benzene rings is 1. The molecule has 3 heteroatoms. The van der Waals surface area contributed by atoms with Gasteiger partial charge in [-0.25, -0.2) is 4.39 Å². The molecule has 15 heavy (non-hydrogen) atoms. The van der Waals surface area contributed by atoms with E-state index < -0.39 is 0 Å². The molecule has 1 aromatic rings. The first-order chi connectivity index (χ1) is 7.17. The number of methoxy groups -OCH3 is 1. The molecule has 1 N–H and O–H groups in total. The van der Waals surface area contributed by atoms with E-state index in [1.165, 1.54) is 6.07 Å². The minimum atomic E-state index is -0.237. The Balaban J connectivity index is 2.74. The van der Waals surface area contributed by atoms with Gasteiger partial charge < -0.3 is 10.1 Å². The predicted octanol–water partition coefficient (Wildman–Crippen LogP) is 3.43. The van der Waals surface area contributed by atoms with Crippen molar-refractivity contribution in [2.45, 2.75) is 32.7 Å². The Morgan fingerprint density at radius 3 is 2.80 bits per heavy atom. The lowest BCUT2D eigenvalue weighted by molar-refractivity contribution is 0.414. The summed E-state index contributed by atoms with van der Waals surface area (Å²) >= 11 is 0. The fourth-order valence-electron chi connectivity index (χ4n) is 1.51. The zero-order valence-electron chi connectivity index (χ0n) is 9.51. The lowest BCUT2D eigenvalue weighted by atomic mass is 10.2. The van der Waals surface area contributed by atoms with Crippen LogP contribution in [0.1, 0.15) is 26.7 Å². The van der Waals surface area contributed by atoms with E-state index in [1.807, 2.05) is 6.92 Å². The van der Waals surface area contributed by atoms with Gasteiger partial charge in [0.15, 0.2) is 0 Å². The standard InChI is InChI=1S/C12H18FNO/c1-4-5-9(2)14-12-8-10(15-3)6-7-11(12)13/h6-9,14H,4-5H2,1-3H3. The Bertz CT molecular complexity index is 314. The van der Waals surface area contributed by atoms with E-state index in [1.54, 1.807) is 19.2 Å². The van der Waals surface area contributed by atoms with Gasteiger partial charge in [0.2, 0.25) is 0 Å². The van der Waals surface area contributed by atoms with Crippen molar-refractivity contribution in [3.05, 3.63) is 24.0 Å².